The first-order valence-corrected chi connectivity index (χ1v) is 6.06. The van der Waals surface area contributed by atoms with Crippen molar-refractivity contribution in [2.45, 2.75) is 6.42 Å². The molecule has 0 fully saturated rings. The van der Waals surface area contributed by atoms with Gasteiger partial charge in [-0.1, -0.05) is 6.07 Å². The second kappa shape index (κ2) is 7.38. The Morgan fingerprint density at radius 3 is 2.68 bits per heavy atom. The Labute approximate surface area is 113 Å². The molecule has 0 aliphatic carbocycles. The van der Waals surface area contributed by atoms with E-state index in [1.165, 1.54) is 0 Å². The maximum Gasteiger partial charge on any atom is 0.238 e. The van der Waals surface area contributed by atoms with Crippen LogP contribution >= 0.6 is 0 Å². The van der Waals surface area contributed by atoms with Crippen LogP contribution in [0.25, 0.3) is 0 Å². The zero-order chi connectivity index (χ0) is 14.3. The van der Waals surface area contributed by atoms with Crippen LogP contribution in [-0.4, -0.2) is 43.9 Å². The third-order valence-electron chi connectivity index (χ3n) is 2.58. The van der Waals surface area contributed by atoms with Gasteiger partial charge in [-0.05, 0) is 25.2 Å². The largest absolute Gasteiger partial charge is 0.399 e. The zero-order valence-corrected chi connectivity index (χ0v) is 11.3. The third kappa shape index (κ3) is 5.87. The number of nitrogen functional groups attached to an aromatic ring is 1. The van der Waals surface area contributed by atoms with Gasteiger partial charge in [-0.15, -0.1) is 0 Å². The number of nitrogens with two attached hydrogens (primary N) is 1. The van der Waals surface area contributed by atoms with Crippen LogP contribution in [0.5, 0.6) is 0 Å². The maximum absolute atomic E-state index is 11.8. The van der Waals surface area contributed by atoms with Crippen molar-refractivity contribution in [3.8, 4) is 0 Å². The summed E-state index contributed by atoms with van der Waals surface area (Å²) in [5.41, 5.74) is 6.90. The molecule has 2 amide bonds. The molecule has 104 valence electrons. The second-order valence-electron chi connectivity index (χ2n) is 4.33. The van der Waals surface area contributed by atoms with Gasteiger partial charge in [0, 0.05) is 31.4 Å². The number of anilines is 2. The third-order valence-corrected chi connectivity index (χ3v) is 2.58. The van der Waals surface area contributed by atoms with Crippen LogP contribution in [-0.2, 0) is 9.59 Å². The Morgan fingerprint density at radius 2 is 2.05 bits per heavy atom. The summed E-state index contributed by atoms with van der Waals surface area (Å²) in [5.74, 6) is -0.173. The van der Waals surface area contributed by atoms with E-state index in [0.29, 0.717) is 24.3 Å². The highest BCUT2D eigenvalue weighted by Gasteiger charge is 2.08. The Bertz CT molecular complexity index is 448. The number of hydrogen-bond donors (Lipinski definition) is 3. The first kappa shape index (κ1) is 15.0. The molecule has 0 aromatic heterocycles. The fourth-order valence-electron chi connectivity index (χ4n) is 1.56. The van der Waals surface area contributed by atoms with Crippen molar-refractivity contribution in [1.82, 2.24) is 10.2 Å². The first-order chi connectivity index (χ1) is 9.01. The SMILES string of the molecule is CNC(=O)CCN(C)CC(=O)Nc1cccc(N)c1. The van der Waals surface area contributed by atoms with Crippen LogP contribution in [0.1, 0.15) is 6.42 Å². The smallest absolute Gasteiger partial charge is 0.238 e. The Balaban J connectivity index is 2.36. The summed E-state index contributed by atoms with van der Waals surface area (Å²) < 4.78 is 0. The molecule has 0 saturated heterocycles. The van der Waals surface area contributed by atoms with Crippen molar-refractivity contribution < 1.29 is 9.59 Å². The number of hydrogen-bond acceptors (Lipinski definition) is 4. The summed E-state index contributed by atoms with van der Waals surface area (Å²) in [7, 11) is 3.39. The van der Waals surface area contributed by atoms with Crippen LogP contribution in [0.15, 0.2) is 24.3 Å². The van der Waals surface area contributed by atoms with Crippen molar-refractivity contribution in [2.24, 2.45) is 0 Å². The van der Waals surface area contributed by atoms with Crippen LogP contribution < -0.4 is 16.4 Å². The van der Waals surface area contributed by atoms with Crippen LogP contribution in [0.4, 0.5) is 11.4 Å². The molecule has 1 aromatic rings. The van der Waals surface area contributed by atoms with Crippen LogP contribution in [0, 0.1) is 0 Å². The van der Waals surface area contributed by atoms with Gasteiger partial charge < -0.3 is 16.4 Å². The lowest BCUT2D eigenvalue weighted by molar-refractivity contribution is -0.122. The van der Waals surface area contributed by atoms with Gasteiger partial charge in [-0.25, -0.2) is 0 Å². The number of benzene rings is 1. The van der Waals surface area contributed by atoms with E-state index in [0.717, 1.165) is 0 Å². The minimum Gasteiger partial charge on any atom is -0.399 e. The van der Waals surface area contributed by atoms with E-state index >= 15 is 0 Å². The molecule has 1 aromatic carbocycles. The molecule has 0 atom stereocenters. The van der Waals surface area contributed by atoms with Gasteiger partial charge in [0.2, 0.25) is 11.8 Å². The number of rotatable bonds is 6. The predicted molar refractivity (Wildman–Crippen MR) is 75.7 cm³/mol. The molecule has 0 unspecified atom stereocenters. The number of nitrogens with one attached hydrogen (secondary N) is 2. The molecule has 19 heavy (non-hydrogen) atoms. The summed E-state index contributed by atoms with van der Waals surface area (Å²) in [6.45, 7) is 0.760. The molecule has 4 N–H and O–H groups in total. The zero-order valence-electron chi connectivity index (χ0n) is 11.3. The molecule has 0 radical (unpaired) electrons. The summed E-state index contributed by atoms with van der Waals surface area (Å²) in [6, 6.07) is 7.01. The Hall–Kier alpha value is -2.08. The average Bonchev–Trinajstić information content (AvgIpc) is 2.35. The van der Waals surface area contributed by atoms with Crippen molar-refractivity contribution in [3.05, 3.63) is 24.3 Å². The van der Waals surface area contributed by atoms with E-state index in [1.54, 1.807) is 43.3 Å². The molecule has 0 aliphatic heterocycles. The normalized spacial score (nSPS) is 10.3. The summed E-state index contributed by atoms with van der Waals surface area (Å²) in [4.78, 5) is 24.6. The number of amides is 2. The van der Waals surface area contributed by atoms with E-state index < -0.39 is 0 Å². The van der Waals surface area contributed by atoms with E-state index in [-0.39, 0.29) is 18.4 Å². The minimum atomic E-state index is -0.134. The number of carbonyl (C=O) groups is 2. The van der Waals surface area contributed by atoms with Gasteiger partial charge in [0.15, 0.2) is 0 Å². The number of carbonyl (C=O) groups excluding carboxylic acids is 2. The molecule has 1 rings (SSSR count). The summed E-state index contributed by atoms with van der Waals surface area (Å²) in [6.07, 6.45) is 0.374. The fourth-order valence-corrected chi connectivity index (χ4v) is 1.56. The quantitative estimate of drug-likeness (QED) is 0.644. The lowest BCUT2D eigenvalue weighted by Gasteiger charge is -2.15. The van der Waals surface area contributed by atoms with Crippen molar-refractivity contribution in [3.63, 3.8) is 0 Å². The van der Waals surface area contributed by atoms with Gasteiger partial charge >= 0.3 is 0 Å². The van der Waals surface area contributed by atoms with Crippen molar-refractivity contribution >= 4 is 23.2 Å². The van der Waals surface area contributed by atoms with Gasteiger partial charge in [0.05, 0.1) is 6.54 Å². The maximum atomic E-state index is 11.8. The molecule has 0 heterocycles. The highest BCUT2D eigenvalue weighted by Crippen LogP contribution is 2.11. The molecule has 6 heteroatoms. The van der Waals surface area contributed by atoms with E-state index in [4.69, 9.17) is 5.73 Å². The van der Waals surface area contributed by atoms with Gasteiger partial charge in [0.25, 0.3) is 0 Å². The van der Waals surface area contributed by atoms with Crippen LogP contribution in [0.3, 0.4) is 0 Å². The Morgan fingerprint density at radius 1 is 1.32 bits per heavy atom. The van der Waals surface area contributed by atoms with Gasteiger partial charge in [0.1, 0.15) is 0 Å². The number of nitrogens with zero attached hydrogens (tertiary/aromatic N) is 1. The van der Waals surface area contributed by atoms with Crippen molar-refractivity contribution in [2.75, 3.05) is 38.2 Å². The molecule has 6 nitrogen and oxygen atoms in total. The monoisotopic (exact) mass is 264 g/mol. The lowest BCUT2D eigenvalue weighted by Crippen LogP contribution is -2.33. The van der Waals surface area contributed by atoms with Crippen molar-refractivity contribution in [1.29, 1.82) is 0 Å². The van der Waals surface area contributed by atoms with E-state index in [9.17, 15) is 9.59 Å². The summed E-state index contributed by atoms with van der Waals surface area (Å²) >= 11 is 0. The molecular weight excluding hydrogens is 244 g/mol. The van der Waals surface area contributed by atoms with Crippen LogP contribution in [0.2, 0.25) is 0 Å². The predicted octanol–water partition coefficient (Wildman–Crippen LogP) is 0.275. The molecule has 0 bridgehead atoms. The minimum absolute atomic E-state index is 0.0388. The molecule has 0 spiro atoms. The molecule has 0 aliphatic rings. The lowest BCUT2D eigenvalue weighted by atomic mass is 10.3. The highest BCUT2D eigenvalue weighted by atomic mass is 16.2. The second-order valence-corrected chi connectivity index (χ2v) is 4.33. The van der Waals surface area contributed by atoms with E-state index in [2.05, 4.69) is 10.6 Å². The van der Waals surface area contributed by atoms with Gasteiger partial charge in [-0.3, -0.25) is 14.5 Å². The van der Waals surface area contributed by atoms with Gasteiger partial charge in [-0.2, -0.15) is 0 Å². The number of likely N-dealkylation sites (N-methyl/N-ethyl adjacent to an activating group) is 1. The highest BCUT2D eigenvalue weighted by molar-refractivity contribution is 5.92. The van der Waals surface area contributed by atoms with E-state index in [1.807, 2.05) is 0 Å². The first-order valence-electron chi connectivity index (χ1n) is 6.06. The molecule has 0 saturated carbocycles. The fraction of sp³-hybridized carbons (Fsp3) is 0.385. The standard InChI is InChI=1S/C13H20N4O2/c1-15-12(18)6-7-17(2)9-13(19)16-11-5-3-4-10(14)8-11/h3-5,8H,6-7,9,14H2,1-2H3,(H,15,18)(H,16,19). The Kier molecular flexibility index (Phi) is 5.81. The topological polar surface area (TPSA) is 87.5 Å². The summed E-state index contributed by atoms with van der Waals surface area (Å²) in [5, 5.41) is 5.29. The molecular formula is C13H20N4O2. The average molecular weight is 264 g/mol.